The molecular formula is C17H19FN4O. The lowest BCUT2D eigenvalue weighted by Crippen LogP contribution is -2.51. The van der Waals surface area contributed by atoms with Crippen molar-refractivity contribution in [1.82, 2.24) is 15.3 Å². The van der Waals surface area contributed by atoms with Crippen LogP contribution < -0.4 is 5.43 Å². The van der Waals surface area contributed by atoms with Gasteiger partial charge >= 0.3 is 0 Å². The van der Waals surface area contributed by atoms with Crippen molar-refractivity contribution in [2.45, 2.75) is 12.8 Å². The van der Waals surface area contributed by atoms with E-state index in [2.05, 4.69) is 15.3 Å². The number of ketones is 1. The topological polar surface area (TPSA) is 47.9 Å². The number of nitrogens with one attached hydrogen (secondary N) is 1. The fourth-order valence-corrected chi connectivity index (χ4v) is 4.90. The van der Waals surface area contributed by atoms with Crippen LogP contribution in [0.4, 0.5) is 4.39 Å². The largest absolute Gasteiger partial charge is 0.303 e. The van der Waals surface area contributed by atoms with Crippen LogP contribution in [0.3, 0.4) is 0 Å². The van der Waals surface area contributed by atoms with Gasteiger partial charge in [0.15, 0.2) is 5.78 Å². The number of carbonyl (C=O) groups excluding carboxylic acids is 1. The van der Waals surface area contributed by atoms with E-state index in [1.807, 2.05) is 5.01 Å². The highest BCUT2D eigenvalue weighted by Gasteiger charge is 2.47. The van der Waals surface area contributed by atoms with Crippen LogP contribution in [0.1, 0.15) is 12.8 Å². The lowest BCUT2D eigenvalue weighted by molar-refractivity contribution is -0.121. The van der Waals surface area contributed by atoms with Crippen molar-refractivity contribution in [3.63, 3.8) is 0 Å². The number of carbonyl (C=O) groups is 1. The molecule has 0 amide bonds. The van der Waals surface area contributed by atoms with Gasteiger partial charge in [0, 0.05) is 25.5 Å². The fraction of sp³-hybridized carbons (Fsp3) is 0.529. The number of hydrogen-bond acceptors (Lipinski definition) is 5. The molecule has 5 nitrogen and oxygen atoms in total. The van der Waals surface area contributed by atoms with Crippen LogP contribution in [0.5, 0.6) is 0 Å². The summed E-state index contributed by atoms with van der Waals surface area (Å²) in [5, 5.41) is 1.82. The van der Waals surface area contributed by atoms with E-state index in [0.29, 0.717) is 24.0 Å². The molecule has 1 aliphatic carbocycles. The molecule has 1 unspecified atom stereocenters. The second-order valence-corrected chi connectivity index (χ2v) is 7.04. The van der Waals surface area contributed by atoms with Crippen LogP contribution >= 0.6 is 0 Å². The molecule has 3 fully saturated rings. The van der Waals surface area contributed by atoms with Gasteiger partial charge in [-0.2, -0.15) is 4.39 Å². The van der Waals surface area contributed by atoms with Crippen molar-refractivity contribution in [3.05, 3.63) is 35.3 Å². The van der Waals surface area contributed by atoms with Crippen LogP contribution in [0.25, 0.3) is 0 Å². The third-order valence-electron chi connectivity index (χ3n) is 5.97. The van der Waals surface area contributed by atoms with E-state index >= 15 is 0 Å². The first-order valence-corrected chi connectivity index (χ1v) is 8.37. The summed E-state index contributed by atoms with van der Waals surface area (Å²) >= 11 is 0. The van der Waals surface area contributed by atoms with Crippen molar-refractivity contribution < 1.29 is 9.18 Å². The van der Waals surface area contributed by atoms with Crippen LogP contribution in [0.2, 0.25) is 0 Å². The summed E-state index contributed by atoms with van der Waals surface area (Å²) in [5.41, 5.74) is 5.43. The van der Waals surface area contributed by atoms with Crippen LogP contribution in [0.15, 0.2) is 40.3 Å². The third kappa shape index (κ3) is 1.91. The van der Waals surface area contributed by atoms with Crippen molar-refractivity contribution in [3.8, 4) is 0 Å². The number of halogens is 1. The summed E-state index contributed by atoms with van der Waals surface area (Å²) in [4.78, 5) is 19.1. The average Bonchev–Trinajstić information content (AvgIpc) is 2.91. The summed E-state index contributed by atoms with van der Waals surface area (Å²) in [6.45, 7) is 3.92. The van der Waals surface area contributed by atoms with Gasteiger partial charge in [0.2, 0.25) is 5.97 Å². The SMILES string of the molecule is O=C1C=C2C(F)=NC=CN3NCC(=C23)[C@@H]1C1CN2CCC1CC2. The zero-order chi connectivity index (χ0) is 15.6. The van der Waals surface area contributed by atoms with Crippen LogP contribution in [-0.2, 0) is 4.79 Å². The fourth-order valence-electron chi connectivity index (χ4n) is 4.90. The molecule has 0 saturated carbocycles. The summed E-state index contributed by atoms with van der Waals surface area (Å²) in [5.74, 6) is 0.345. The molecule has 1 N–H and O–H groups in total. The Bertz CT molecular complexity index is 699. The Morgan fingerprint density at radius 3 is 2.87 bits per heavy atom. The molecule has 0 aromatic heterocycles. The molecule has 120 valence electrons. The maximum Gasteiger partial charge on any atom is 0.222 e. The molecule has 5 aliphatic heterocycles. The van der Waals surface area contributed by atoms with E-state index in [9.17, 15) is 9.18 Å². The summed E-state index contributed by atoms with van der Waals surface area (Å²) in [6.07, 6.45) is 7.01. The van der Waals surface area contributed by atoms with E-state index in [4.69, 9.17) is 0 Å². The normalized spacial score (nSPS) is 38.5. The van der Waals surface area contributed by atoms with Crippen LogP contribution in [-0.4, -0.2) is 47.8 Å². The molecule has 2 bridgehead atoms. The molecule has 0 aromatic carbocycles. The summed E-state index contributed by atoms with van der Waals surface area (Å²) < 4.78 is 14.2. The van der Waals surface area contributed by atoms with Gasteiger partial charge in [-0.05, 0) is 49.4 Å². The number of aliphatic imine (C=N–C) groups is 1. The van der Waals surface area contributed by atoms with E-state index < -0.39 is 5.97 Å². The Kier molecular flexibility index (Phi) is 2.87. The number of hydrazine groups is 1. The van der Waals surface area contributed by atoms with E-state index in [0.717, 1.165) is 30.9 Å². The standard InChI is InChI=1S/C17H19FN4O/c18-17-11-7-14(23)15(13-9-21-4-1-10(13)2-5-21)12-8-20-22(16(11)12)6-3-19-17/h3,6-7,10,13,15,20H,1-2,4-5,8-9H2/t13?,15-/m1/s1. The summed E-state index contributed by atoms with van der Waals surface area (Å²) in [7, 11) is 0. The number of fused-ring (bicyclic) bond motifs is 3. The lowest BCUT2D eigenvalue weighted by Gasteiger charge is -2.48. The van der Waals surface area contributed by atoms with Gasteiger partial charge in [-0.25, -0.2) is 10.4 Å². The van der Waals surface area contributed by atoms with Crippen molar-refractivity contribution in [1.29, 1.82) is 0 Å². The molecule has 3 saturated heterocycles. The molecule has 0 spiro atoms. The first-order valence-electron chi connectivity index (χ1n) is 8.37. The zero-order valence-corrected chi connectivity index (χ0v) is 12.8. The molecular weight excluding hydrogens is 295 g/mol. The van der Waals surface area contributed by atoms with Gasteiger partial charge in [-0.15, -0.1) is 0 Å². The molecule has 23 heavy (non-hydrogen) atoms. The minimum Gasteiger partial charge on any atom is -0.303 e. The highest BCUT2D eigenvalue weighted by Crippen LogP contribution is 2.45. The summed E-state index contributed by atoms with van der Waals surface area (Å²) in [6, 6.07) is 0. The molecule has 6 aliphatic rings. The molecule has 6 heteroatoms. The van der Waals surface area contributed by atoms with Crippen molar-refractivity contribution in [2.24, 2.45) is 22.7 Å². The van der Waals surface area contributed by atoms with Gasteiger partial charge in [0.05, 0.1) is 17.2 Å². The number of rotatable bonds is 1. The van der Waals surface area contributed by atoms with E-state index in [1.54, 1.807) is 6.20 Å². The first kappa shape index (κ1) is 13.6. The number of nitrogens with zero attached hydrogens (tertiary/aromatic N) is 3. The maximum atomic E-state index is 14.2. The smallest absolute Gasteiger partial charge is 0.222 e. The van der Waals surface area contributed by atoms with Gasteiger partial charge in [-0.3, -0.25) is 9.80 Å². The average molecular weight is 314 g/mol. The second-order valence-electron chi connectivity index (χ2n) is 7.04. The third-order valence-corrected chi connectivity index (χ3v) is 5.97. The first-order chi connectivity index (χ1) is 11.2. The quantitative estimate of drug-likeness (QED) is 0.794. The maximum absolute atomic E-state index is 14.2. The second kappa shape index (κ2) is 4.85. The Labute approximate surface area is 134 Å². The Morgan fingerprint density at radius 2 is 2.13 bits per heavy atom. The minimum atomic E-state index is -0.569. The Hall–Kier alpha value is -1.79. The monoisotopic (exact) mass is 314 g/mol. The Balaban J connectivity index is 1.59. The van der Waals surface area contributed by atoms with Crippen molar-refractivity contribution in [2.75, 3.05) is 26.2 Å². The predicted octanol–water partition coefficient (Wildman–Crippen LogP) is 1.38. The minimum absolute atomic E-state index is 0.0494. The Morgan fingerprint density at radius 1 is 1.30 bits per heavy atom. The highest BCUT2D eigenvalue weighted by molar-refractivity contribution is 6.08. The molecule has 5 heterocycles. The molecule has 0 radical (unpaired) electrons. The molecule has 6 rings (SSSR count). The van der Waals surface area contributed by atoms with Gasteiger partial charge in [-0.1, -0.05) is 0 Å². The van der Waals surface area contributed by atoms with Crippen molar-refractivity contribution >= 4 is 11.7 Å². The van der Waals surface area contributed by atoms with E-state index in [1.165, 1.54) is 25.1 Å². The molecule has 2 atom stereocenters. The molecule has 0 aromatic rings. The van der Waals surface area contributed by atoms with Gasteiger partial charge in [0.25, 0.3) is 0 Å². The van der Waals surface area contributed by atoms with E-state index in [-0.39, 0.29) is 11.7 Å². The van der Waals surface area contributed by atoms with Gasteiger partial charge in [0.1, 0.15) is 0 Å². The highest BCUT2D eigenvalue weighted by atomic mass is 19.1. The lowest BCUT2D eigenvalue weighted by atomic mass is 9.67. The number of hydrogen-bond donors (Lipinski definition) is 1. The number of allylic oxidation sites excluding steroid dienone is 2. The predicted molar refractivity (Wildman–Crippen MR) is 83.8 cm³/mol. The number of piperidine rings is 3. The van der Waals surface area contributed by atoms with Crippen LogP contribution in [0, 0.1) is 17.8 Å². The zero-order valence-electron chi connectivity index (χ0n) is 12.8. The van der Waals surface area contributed by atoms with Gasteiger partial charge < -0.3 is 4.90 Å².